The lowest BCUT2D eigenvalue weighted by molar-refractivity contribution is 0.269. The molecule has 1 N–H and O–H groups in total. The fourth-order valence-corrected chi connectivity index (χ4v) is 2.44. The molecule has 1 aromatic carbocycles. The van der Waals surface area contributed by atoms with Gasteiger partial charge in [-0.2, -0.15) is 0 Å². The van der Waals surface area contributed by atoms with Crippen molar-refractivity contribution in [2.75, 3.05) is 13.7 Å². The van der Waals surface area contributed by atoms with E-state index in [0.29, 0.717) is 5.92 Å². The van der Waals surface area contributed by atoms with Gasteiger partial charge < -0.3 is 9.84 Å². The van der Waals surface area contributed by atoms with Crippen LogP contribution in [0.5, 0.6) is 5.75 Å². The predicted octanol–water partition coefficient (Wildman–Crippen LogP) is 2.88. The van der Waals surface area contributed by atoms with E-state index in [1.165, 1.54) is 24.0 Å². The van der Waals surface area contributed by atoms with Crippen molar-refractivity contribution >= 4 is 0 Å². The summed E-state index contributed by atoms with van der Waals surface area (Å²) in [5.74, 6) is 2.27. The molecule has 0 saturated heterocycles. The van der Waals surface area contributed by atoms with Crippen LogP contribution in [0, 0.1) is 12.8 Å². The van der Waals surface area contributed by atoms with Crippen LogP contribution in [0.4, 0.5) is 0 Å². The zero-order valence-electron chi connectivity index (χ0n) is 10.1. The largest absolute Gasteiger partial charge is 0.496 e. The minimum atomic E-state index is 0.284. The van der Waals surface area contributed by atoms with Crippen LogP contribution in [0.3, 0.4) is 0 Å². The molecule has 88 valence electrons. The Bertz CT molecular complexity index is 356. The first-order valence-corrected chi connectivity index (χ1v) is 6.01. The maximum atomic E-state index is 9.12. The van der Waals surface area contributed by atoms with Crippen LogP contribution in [0.1, 0.15) is 36.3 Å². The van der Waals surface area contributed by atoms with Crippen molar-refractivity contribution in [3.8, 4) is 5.75 Å². The Morgan fingerprint density at radius 2 is 2.19 bits per heavy atom. The molecular weight excluding hydrogens is 200 g/mol. The minimum Gasteiger partial charge on any atom is -0.496 e. The number of aliphatic hydroxyl groups excluding tert-OH is 1. The average molecular weight is 220 g/mol. The molecule has 0 heterocycles. The van der Waals surface area contributed by atoms with Crippen molar-refractivity contribution in [3.63, 3.8) is 0 Å². The summed E-state index contributed by atoms with van der Waals surface area (Å²) < 4.78 is 5.27. The van der Waals surface area contributed by atoms with Crippen LogP contribution < -0.4 is 4.74 Å². The number of methoxy groups -OCH3 is 1. The van der Waals surface area contributed by atoms with Gasteiger partial charge in [-0.05, 0) is 55.2 Å². The highest BCUT2D eigenvalue weighted by Gasteiger charge is 2.31. The predicted molar refractivity (Wildman–Crippen MR) is 64.9 cm³/mol. The van der Waals surface area contributed by atoms with Crippen LogP contribution in [0.2, 0.25) is 0 Å². The van der Waals surface area contributed by atoms with Gasteiger partial charge in [0.05, 0.1) is 7.11 Å². The third-order valence-electron chi connectivity index (χ3n) is 3.48. The summed E-state index contributed by atoms with van der Waals surface area (Å²) in [6, 6.07) is 6.39. The van der Waals surface area contributed by atoms with Crippen molar-refractivity contribution in [1.29, 1.82) is 0 Å². The van der Waals surface area contributed by atoms with E-state index >= 15 is 0 Å². The quantitative estimate of drug-likeness (QED) is 0.826. The number of benzene rings is 1. The maximum Gasteiger partial charge on any atom is 0.121 e. The Labute approximate surface area is 97.3 Å². The summed E-state index contributed by atoms with van der Waals surface area (Å²) >= 11 is 0. The lowest BCUT2D eigenvalue weighted by Crippen LogP contribution is -2.04. The molecule has 1 unspecified atom stereocenters. The molecular formula is C14H20O2. The lowest BCUT2D eigenvalue weighted by Gasteiger charge is -2.17. The van der Waals surface area contributed by atoms with E-state index in [4.69, 9.17) is 9.84 Å². The van der Waals surface area contributed by atoms with E-state index in [0.717, 1.165) is 18.1 Å². The van der Waals surface area contributed by atoms with Gasteiger partial charge in [-0.3, -0.25) is 0 Å². The zero-order chi connectivity index (χ0) is 11.5. The number of aliphatic hydroxyl groups is 1. The second kappa shape index (κ2) is 4.88. The van der Waals surface area contributed by atoms with Gasteiger partial charge in [0, 0.05) is 6.61 Å². The molecule has 1 atom stereocenters. The number of hydrogen-bond donors (Lipinski definition) is 1. The highest BCUT2D eigenvalue weighted by atomic mass is 16.5. The maximum absolute atomic E-state index is 9.12. The van der Waals surface area contributed by atoms with Gasteiger partial charge >= 0.3 is 0 Å². The topological polar surface area (TPSA) is 29.5 Å². The number of rotatable bonds is 5. The molecule has 2 rings (SSSR count). The normalized spacial score (nSPS) is 17.2. The number of aryl methyl sites for hydroxylation is 1. The zero-order valence-corrected chi connectivity index (χ0v) is 10.1. The van der Waals surface area contributed by atoms with E-state index in [9.17, 15) is 0 Å². The van der Waals surface area contributed by atoms with E-state index in [1.54, 1.807) is 7.11 Å². The first-order valence-electron chi connectivity index (χ1n) is 6.01. The van der Waals surface area contributed by atoms with Crippen LogP contribution in [0.15, 0.2) is 18.2 Å². The van der Waals surface area contributed by atoms with Gasteiger partial charge in [0.2, 0.25) is 0 Å². The van der Waals surface area contributed by atoms with Crippen LogP contribution in [-0.2, 0) is 0 Å². The minimum absolute atomic E-state index is 0.284. The molecule has 0 radical (unpaired) electrons. The highest BCUT2D eigenvalue weighted by molar-refractivity contribution is 5.38. The van der Waals surface area contributed by atoms with E-state index in [-0.39, 0.29) is 6.61 Å². The molecule has 1 fully saturated rings. The summed E-state index contributed by atoms with van der Waals surface area (Å²) in [5.41, 5.74) is 2.54. The molecule has 2 heteroatoms. The molecule has 1 saturated carbocycles. The molecule has 1 aliphatic rings. The molecule has 0 bridgehead atoms. The summed E-state index contributed by atoms with van der Waals surface area (Å²) in [4.78, 5) is 0. The fourth-order valence-electron chi connectivity index (χ4n) is 2.44. The van der Waals surface area contributed by atoms with E-state index < -0.39 is 0 Å². The Kier molecular flexibility index (Phi) is 3.49. The second-order valence-electron chi connectivity index (χ2n) is 4.69. The summed E-state index contributed by atoms with van der Waals surface area (Å²) in [5, 5.41) is 9.12. The van der Waals surface area contributed by atoms with Crippen LogP contribution in [0.25, 0.3) is 0 Å². The molecule has 1 aliphatic carbocycles. The third-order valence-corrected chi connectivity index (χ3v) is 3.48. The Hall–Kier alpha value is -1.02. The fraction of sp³-hybridized carbons (Fsp3) is 0.571. The van der Waals surface area contributed by atoms with Gasteiger partial charge in [-0.25, -0.2) is 0 Å². The van der Waals surface area contributed by atoms with Crippen LogP contribution >= 0.6 is 0 Å². The molecule has 1 aromatic rings. The summed E-state index contributed by atoms with van der Waals surface area (Å²) in [7, 11) is 1.70. The van der Waals surface area contributed by atoms with E-state index in [2.05, 4.69) is 19.1 Å². The highest BCUT2D eigenvalue weighted by Crippen LogP contribution is 2.44. The lowest BCUT2D eigenvalue weighted by atomic mass is 9.90. The number of ether oxygens (including phenoxy) is 1. The summed E-state index contributed by atoms with van der Waals surface area (Å²) in [6.07, 6.45) is 3.52. The molecule has 0 amide bonds. The molecule has 0 spiro atoms. The Morgan fingerprint density at radius 1 is 1.44 bits per heavy atom. The molecule has 0 aliphatic heterocycles. The molecule has 16 heavy (non-hydrogen) atoms. The Morgan fingerprint density at radius 3 is 2.69 bits per heavy atom. The SMILES string of the molecule is COc1ccc(C(CCO)C2CC2)cc1C. The second-order valence-corrected chi connectivity index (χ2v) is 4.69. The van der Waals surface area contributed by atoms with Crippen molar-refractivity contribution in [1.82, 2.24) is 0 Å². The molecule has 2 nitrogen and oxygen atoms in total. The van der Waals surface area contributed by atoms with Gasteiger partial charge in [-0.15, -0.1) is 0 Å². The summed E-state index contributed by atoms with van der Waals surface area (Å²) in [6.45, 7) is 2.36. The van der Waals surface area contributed by atoms with Crippen molar-refractivity contribution < 1.29 is 9.84 Å². The van der Waals surface area contributed by atoms with Crippen LogP contribution in [-0.4, -0.2) is 18.8 Å². The first-order chi connectivity index (χ1) is 7.76. The first kappa shape index (κ1) is 11.5. The van der Waals surface area contributed by atoms with Gasteiger partial charge in [0.25, 0.3) is 0 Å². The monoisotopic (exact) mass is 220 g/mol. The van der Waals surface area contributed by atoms with Crippen molar-refractivity contribution in [3.05, 3.63) is 29.3 Å². The smallest absolute Gasteiger partial charge is 0.121 e. The van der Waals surface area contributed by atoms with Gasteiger partial charge in [-0.1, -0.05) is 12.1 Å². The molecule has 0 aromatic heterocycles. The number of hydrogen-bond acceptors (Lipinski definition) is 2. The third kappa shape index (κ3) is 2.38. The van der Waals surface area contributed by atoms with Crippen molar-refractivity contribution in [2.24, 2.45) is 5.92 Å². The average Bonchev–Trinajstić information content (AvgIpc) is 3.09. The van der Waals surface area contributed by atoms with Crippen molar-refractivity contribution in [2.45, 2.75) is 32.1 Å². The van der Waals surface area contributed by atoms with Gasteiger partial charge in [0.15, 0.2) is 0 Å². The van der Waals surface area contributed by atoms with Gasteiger partial charge in [0.1, 0.15) is 5.75 Å². The van der Waals surface area contributed by atoms with E-state index in [1.807, 2.05) is 6.07 Å². The Balaban J connectivity index is 2.20. The standard InChI is InChI=1S/C14H20O2/c1-10-9-12(5-6-14(10)16-2)13(7-8-15)11-3-4-11/h5-6,9,11,13,15H,3-4,7-8H2,1-2H3.